The number of hydrogen-bond donors (Lipinski definition) is 1. The van der Waals surface area contributed by atoms with Crippen LogP contribution >= 0.6 is 0 Å². The number of rotatable bonds is 5. The molecule has 1 nitrogen and oxygen atoms in total. The Labute approximate surface area is 110 Å². The molecule has 0 aliphatic carbocycles. The maximum atomic E-state index is 13.1. The molecule has 0 aliphatic rings. The zero-order valence-corrected chi connectivity index (χ0v) is 11.0. The summed E-state index contributed by atoms with van der Waals surface area (Å²) in [4.78, 5) is 0. The fourth-order valence-electron chi connectivity index (χ4n) is 2.13. The summed E-state index contributed by atoms with van der Waals surface area (Å²) >= 11 is 0. The Bertz CT molecular complexity index is 410. The lowest BCUT2D eigenvalue weighted by Crippen LogP contribution is -2.14. The van der Waals surface area contributed by atoms with Gasteiger partial charge in [-0.15, -0.1) is 0 Å². The Morgan fingerprint density at radius 3 is 2.21 bits per heavy atom. The molecule has 1 unspecified atom stereocenters. The molecule has 108 valence electrons. The second kappa shape index (κ2) is 6.37. The fourth-order valence-corrected chi connectivity index (χ4v) is 2.13. The summed E-state index contributed by atoms with van der Waals surface area (Å²) in [6.07, 6.45) is -4.14. The molecule has 0 saturated carbocycles. The molecule has 0 bridgehead atoms. The number of halogens is 4. The van der Waals surface area contributed by atoms with Crippen LogP contribution in [0.5, 0.6) is 0 Å². The van der Waals surface area contributed by atoms with Crippen LogP contribution in [0.4, 0.5) is 17.6 Å². The van der Waals surface area contributed by atoms with E-state index in [1.54, 1.807) is 0 Å². The summed E-state index contributed by atoms with van der Waals surface area (Å²) in [5, 5.41) is 9.96. The van der Waals surface area contributed by atoms with E-state index in [1.165, 1.54) is 0 Å². The van der Waals surface area contributed by atoms with Gasteiger partial charge in [0, 0.05) is 0 Å². The molecule has 0 fully saturated rings. The minimum absolute atomic E-state index is 0.124. The first-order valence-electron chi connectivity index (χ1n) is 6.34. The fraction of sp³-hybridized carbons (Fsp3) is 0.571. The Morgan fingerprint density at radius 2 is 1.74 bits per heavy atom. The molecular weight excluding hydrogens is 260 g/mol. The SMILES string of the molecule is CCC(CC)CC(O)c1cc(F)ccc1C(F)(F)F. The average molecular weight is 278 g/mol. The summed E-state index contributed by atoms with van der Waals surface area (Å²) in [6.45, 7) is 3.83. The van der Waals surface area contributed by atoms with Crippen LogP contribution in [0.25, 0.3) is 0 Å². The van der Waals surface area contributed by atoms with Crippen molar-refractivity contribution < 1.29 is 22.7 Å². The number of benzene rings is 1. The van der Waals surface area contributed by atoms with E-state index in [4.69, 9.17) is 0 Å². The summed E-state index contributed by atoms with van der Waals surface area (Å²) in [6, 6.07) is 2.22. The van der Waals surface area contributed by atoms with E-state index >= 15 is 0 Å². The highest BCUT2D eigenvalue weighted by Gasteiger charge is 2.35. The number of aliphatic hydroxyl groups excluding tert-OH is 1. The van der Waals surface area contributed by atoms with Crippen molar-refractivity contribution in [3.05, 3.63) is 35.1 Å². The predicted octanol–water partition coefficient (Wildman–Crippen LogP) is 4.70. The Morgan fingerprint density at radius 1 is 1.16 bits per heavy atom. The monoisotopic (exact) mass is 278 g/mol. The Kier molecular flexibility index (Phi) is 5.35. The first-order valence-corrected chi connectivity index (χ1v) is 6.34. The van der Waals surface area contributed by atoms with E-state index < -0.39 is 23.7 Å². The first kappa shape index (κ1) is 16.0. The van der Waals surface area contributed by atoms with Gasteiger partial charge in [0.25, 0.3) is 0 Å². The average Bonchev–Trinajstić information content (AvgIpc) is 2.34. The smallest absolute Gasteiger partial charge is 0.388 e. The van der Waals surface area contributed by atoms with Gasteiger partial charge in [-0.25, -0.2) is 4.39 Å². The molecule has 0 spiro atoms. The van der Waals surface area contributed by atoms with Crippen molar-refractivity contribution in [1.82, 2.24) is 0 Å². The van der Waals surface area contributed by atoms with Crippen molar-refractivity contribution in [3.63, 3.8) is 0 Å². The standard InChI is InChI=1S/C14H18F4O/c1-3-9(4-2)7-13(19)11-8-10(15)5-6-12(11)14(16,17)18/h5-6,8-9,13,19H,3-4,7H2,1-2H3. The summed E-state index contributed by atoms with van der Waals surface area (Å²) in [5.74, 6) is -0.647. The van der Waals surface area contributed by atoms with Gasteiger partial charge in [0.1, 0.15) is 5.82 Å². The number of alkyl halides is 3. The van der Waals surface area contributed by atoms with Crippen molar-refractivity contribution in [3.8, 4) is 0 Å². The minimum atomic E-state index is -4.59. The van der Waals surface area contributed by atoms with E-state index in [9.17, 15) is 22.7 Å². The maximum Gasteiger partial charge on any atom is 0.416 e. The molecule has 1 rings (SSSR count). The van der Waals surface area contributed by atoms with Gasteiger partial charge < -0.3 is 5.11 Å². The lowest BCUT2D eigenvalue weighted by atomic mass is 9.90. The molecule has 1 N–H and O–H groups in total. The second-order valence-corrected chi connectivity index (χ2v) is 4.66. The van der Waals surface area contributed by atoms with E-state index in [2.05, 4.69) is 0 Å². The topological polar surface area (TPSA) is 20.2 Å². The largest absolute Gasteiger partial charge is 0.416 e. The van der Waals surface area contributed by atoms with Crippen LogP contribution in [-0.2, 0) is 6.18 Å². The third-order valence-corrected chi connectivity index (χ3v) is 3.39. The quantitative estimate of drug-likeness (QED) is 0.774. The molecule has 0 radical (unpaired) electrons. The number of hydrogen-bond acceptors (Lipinski definition) is 1. The van der Waals surface area contributed by atoms with Crippen LogP contribution in [0.3, 0.4) is 0 Å². The Hall–Kier alpha value is -1.10. The van der Waals surface area contributed by atoms with Gasteiger partial charge in [-0.3, -0.25) is 0 Å². The van der Waals surface area contributed by atoms with Crippen molar-refractivity contribution in [1.29, 1.82) is 0 Å². The van der Waals surface area contributed by atoms with Crippen molar-refractivity contribution in [2.45, 2.75) is 45.4 Å². The molecule has 0 saturated heterocycles. The van der Waals surface area contributed by atoms with E-state index in [-0.39, 0.29) is 17.9 Å². The normalized spacial score (nSPS) is 13.9. The maximum absolute atomic E-state index is 13.1. The highest BCUT2D eigenvalue weighted by Crippen LogP contribution is 2.37. The van der Waals surface area contributed by atoms with Gasteiger partial charge in [0.15, 0.2) is 0 Å². The number of aliphatic hydroxyl groups is 1. The molecule has 5 heteroatoms. The summed E-state index contributed by atoms with van der Waals surface area (Å²) < 4.78 is 51.5. The van der Waals surface area contributed by atoms with Crippen LogP contribution in [0.15, 0.2) is 18.2 Å². The van der Waals surface area contributed by atoms with Crippen LogP contribution in [0, 0.1) is 11.7 Å². The third kappa shape index (κ3) is 4.20. The van der Waals surface area contributed by atoms with Crippen LogP contribution in [0.1, 0.15) is 50.3 Å². The molecular formula is C14H18F4O. The molecule has 0 amide bonds. The van der Waals surface area contributed by atoms with Crippen LogP contribution < -0.4 is 0 Å². The molecule has 0 aliphatic heterocycles. The van der Waals surface area contributed by atoms with Crippen molar-refractivity contribution in [2.24, 2.45) is 5.92 Å². The first-order chi connectivity index (χ1) is 8.79. The molecule has 19 heavy (non-hydrogen) atoms. The van der Waals surface area contributed by atoms with Crippen molar-refractivity contribution >= 4 is 0 Å². The molecule has 1 aromatic rings. The lowest BCUT2D eigenvalue weighted by molar-refractivity contribution is -0.139. The van der Waals surface area contributed by atoms with Crippen LogP contribution in [0.2, 0.25) is 0 Å². The summed E-state index contributed by atoms with van der Waals surface area (Å²) in [7, 11) is 0. The zero-order valence-electron chi connectivity index (χ0n) is 11.0. The lowest BCUT2D eigenvalue weighted by Gasteiger charge is -2.21. The van der Waals surface area contributed by atoms with Crippen molar-refractivity contribution in [2.75, 3.05) is 0 Å². The molecule has 0 aromatic heterocycles. The van der Waals surface area contributed by atoms with Gasteiger partial charge in [-0.1, -0.05) is 26.7 Å². The molecule has 1 aromatic carbocycles. The molecule has 1 atom stereocenters. The van der Waals surface area contributed by atoms with E-state index in [1.807, 2.05) is 13.8 Å². The van der Waals surface area contributed by atoms with E-state index in [0.29, 0.717) is 6.07 Å². The molecule has 0 heterocycles. The van der Waals surface area contributed by atoms with Crippen LogP contribution in [-0.4, -0.2) is 5.11 Å². The van der Waals surface area contributed by atoms with E-state index in [0.717, 1.165) is 25.0 Å². The summed E-state index contributed by atoms with van der Waals surface area (Å²) in [5.41, 5.74) is -1.34. The third-order valence-electron chi connectivity index (χ3n) is 3.39. The Balaban J connectivity index is 3.07. The minimum Gasteiger partial charge on any atom is -0.388 e. The zero-order chi connectivity index (χ0) is 14.6. The highest BCUT2D eigenvalue weighted by molar-refractivity contribution is 5.32. The van der Waals surface area contributed by atoms with Gasteiger partial charge in [0.2, 0.25) is 0 Å². The van der Waals surface area contributed by atoms with Gasteiger partial charge in [-0.2, -0.15) is 13.2 Å². The van der Waals surface area contributed by atoms with Gasteiger partial charge in [-0.05, 0) is 36.1 Å². The second-order valence-electron chi connectivity index (χ2n) is 4.66. The highest BCUT2D eigenvalue weighted by atomic mass is 19.4. The van der Waals surface area contributed by atoms with Gasteiger partial charge in [0.05, 0.1) is 11.7 Å². The van der Waals surface area contributed by atoms with Gasteiger partial charge >= 0.3 is 6.18 Å². The predicted molar refractivity (Wildman–Crippen MR) is 65.1 cm³/mol.